The summed E-state index contributed by atoms with van der Waals surface area (Å²) in [6.45, 7) is 0. The van der Waals surface area contributed by atoms with E-state index >= 15 is 0 Å². The standard InChI is InChI=1S/C41H25N/c1-3-10-27(11-4-1)37-33-14-7-8-15-34(33)38(28-12-5-2-6-13-28)41-36-21-20-31(32-16-9-17-35(39(32)36)40(37)41)29-19-18-26-22-23-42-25-30(26)24-29/h1-25H. The van der Waals surface area contributed by atoms with Gasteiger partial charge in [0.2, 0.25) is 0 Å². The number of fused-ring (bicyclic) bond motifs is 5. The van der Waals surface area contributed by atoms with Crippen LogP contribution in [0.15, 0.2) is 152 Å². The molecule has 194 valence electrons. The Balaban J connectivity index is 1.44. The summed E-state index contributed by atoms with van der Waals surface area (Å²) in [6, 6.07) is 51.1. The van der Waals surface area contributed by atoms with Gasteiger partial charge in [0.1, 0.15) is 0 Å². The van der Waals surface area contributed by atoms with Crippen molar-refractivity contribution in [1.29, 1.82) is 0 Å². The minimum absolute atomic E-state index is 1.16. The van der Waals surface area contributed by atoms with Crippen LogP contribution in [0.5, 0.6) is 0 Å². The highest BCUT2D eigenvalue weighted by atomic mass is 14.6. The quantitative estimate of drug-likeness (QED) is 0.221. The number of nitrogens with zero attached hydrogens (tertiary/aromatic N) is 1. The van der Waals surface area contributed by atoms with Gasteiger partial charge in [-0.3, -0.25) is 4.98 Å². The first kappa shape index (κ1) is 23.2. The lowest BCUT2D eigenvalue weighted by Crippen LogP contribution is -1.93. The fraction of sp³-hybridized carbons (Fsp3) is 0. The third-order valence-electron chi connectivity index (χ3n) is 8.87. The Morgan fingerprint density at radius 3 is 1.64 bits per heavy atom. The summed E-state index contributed by atoms with van der Waals surface area (Å²) in [5.74, 6) is 0. The van der Waals surface area contributed by atoms with E-state index in [9.17, 15) is 0 Å². The van der Waals surface area contributed by atoms with E-state index in [1.54, 1.807) is 0 Å². The molecule has 0 spiro atoms. The van der Waals surface area contributed by atoms with Gasteiger partial charge in [0.15, 0.2) is 0 Å². The fourth-order valence-corrected chi connectivity index (χ4v) is 7.11. The van der Waals surface area contributed by atoms with E-state index in [2.05, 4.69) is 145 Å². The summed E-state index contributed by atoms with van der Waals surface area (Å²) in [7, 11) is 0. The van der Waals surface area contributed by atoms with Gasteiger partial charge < -0.3 is 0 Å². The van der Waals surface area contributed by atoms with Crippen LogP contribution in [0.25, 0.3) is 88.0 Å². The van der Waals surface area contributed by atoms with Crippen LogP contribution in [0, 0.1) is 0 Å². The maximum absolute atomic E-state index is 4.38. The first-order chi connectivity index (χ1) is 20.9. The summed E-state index contributed by atoms with van der Waals surface area (Å²) < 4.78 is 0. The van der Waals surface area contributed by atoms with Gasteiger partial charge in [-0.15, -0.1) is 0 Å². The summed E-state index contributed by atoms with van der Waals surface area (Å²) >= 11 is 0. The molecule has 1 heterocycles. The molecule has 0 amide bonds. The molecule has 1 heteroatoms. The smallest absolute Gasteiger partial charge is 0.0346 e. The van der Waals surface area contributed by atoms with Crippen molar-refractivity contribution in [1.82, 2.24) is 4.98 Å². The van der Waals surface area contributed by atoms with Crippen LogP contribution >= 0.6 is 0 Å². The molecule has 8 aromatic rings. The van der Waals surface area contributed by atoms with Gasteiger partial charge in [-0.1, -0.05) is 127 Å². The van der Waals surface area contributed by atoms with Gasteiger partial charge in [0.05, 0.1) is 0 Å². The van der Waals surface area contributed by atoms with Crippen LogP contribution in [-0.4, -0.2) is 4.98 Å². The molecule has 7 aromatic carbocycles. The average molecular weight is 532 g/mol. The highest BCUT2D eigenvalue weighted by molar-refractivity contribution is 6.28. The molecule has 0 N–H and O–H groups in total. The van der Waals surface area contributed by atoms with E-state index in [0.717, 1.165) is 5.39 Å². The van der Waals surface area contributed by atoms with Crippen molar-refractivity contribution in [3.05, 3.63) is 152 Å². The lowest BCUT2D eigenvalue weighted by Gasteiger charge is -2.20. The van der Waals surface area contributed by atoms with Crippen molar-refractivity contribution in [2.75, 3.05) is 0 Å². The number of hydrogen-bond acceptors (Lipinski definition) is 1. The van der Waals surface area contributed by atoms with Gasteiger partial charge in [-0.05, 0) is 94.7 Å². The number of benzene rings is 7. The van der Waals surface area contributed by atoms with Crippen molar-refractivity contribution in [3.63, 3.8) is 0 Å². The lowest BCUT2D eigenvalue weighted by molar-refractivity contribution is 1.36. The van der Waals surface area contributed by atoms with Crippen LogP contribution in [0.2, 0.25) is 0 Å². The zero-order valence-electron chi connectivity index (χ0n) is 22.9. The van der Waals surface area contributed by atoms with Crippen molar-refractivity contribution < 1.29 is 0 Å². The van der Waals surface area contributed by atoms with E-state index in [1.807, 2.05) is 12.4 Å². The van der Waals surface area contributed by atoms with E-state index < -0.39 is 0 Å². The molecule has 0 aliphatic heterocycles. The molecule has 0 radical (unpaired) electrons. The molecule has 0 saturated heterocycles. The Labute approximate surface area is 244 Å². The van der Waals surface area contributed by atoms with Gasteiger partial charge in [-0.25, -0.2) is 0 Å². The highest BCUT2D eigenvalue weighted by Crippen LogP contribution is 2.58. The third-order valence-corrected chi connectivity index (χ3v) is 8.87. The molecule has 0 fully saturated rings. The largest absolute Gasteiger partial charge is 0.264 e. The molecule has 0 unspecified atom stereocenters. The monoisotopic (exact) mass is 531 g/mol. The molecule has 0 atom stereocenters. The predicted molar refractivity (Wildman–Crippen MR) is 177 cm³/mol. The van der Waals surface area contributed by atoms with Gasteiger partial charge in [-0.2, -0.15) is 0 Å². The first-order valence-electron chi connectivity index (χ1n) is 14.5. The fourth-order valence-electron chi connectivity index (χ4n) is 7.11. The molecular formula is C41H25N. The van der Waals surface area contributed by atoms with Crippen molar-refractivity contribution in [2.24, 2.45) is 0 Å². The Hall–Kier alpha value is -5.53. The Morgan fingerprint density at radius 1 is 0.357 bits per heavy atom. The zero-order valence-corrected chi connectivity index (χ0v) is 22.9. The van der Waals surface area contributed by atoms with E-state index in [0.29, 0.717) is 0 Å². The van der Waals surface area contributed by atoms with Crippen LogP contribution in [0.3, 0.4) is 0 Å². The number of aromatic nitrogens is 1. The second kappa shape index (κ2) is 8.99. The number of rotatable bonds is 3. The molecule has 9 rings (SSSR count). The van der Waals surface area contributed by atoms with Crippen molar-refractivity contribution in [2.45, 2.75) is 0 Å². The highest BCUT2D eigenvalue weighted by Gasteiger charge is 2.31. The first-order valence-corrected chi connectivity index (χ1v) is 14.5. The molecule has 0 saturated carbocycles. The average Bonchev–Trinajstić information content (AvgIpc) is 3.39. The minimum atomic E-state index is 1.16. The Morgan fingerprint density at radius 2 is 0.952 bits per heavy atom. The minimum Gasteiger partial charge on any atom is -0.264 e. The van der Waals surface area contributed by atoms with Gasteiger partial charge >= 0.3 is 0 Å². The molecule has 1 nitrogen and oxygen atoms in total. The third kappa shape index (κ3) is 3.28. The Bertz CT molecular complexity index is 2240. The van der Waals surface area contributed by atoms with Crippen molar-refractivity contribution in [3.8, 4) is 55.6 Å². The van der Waals surface area contributed by atoms with E-state index in [-0.39, 0.29) is 0 Å². The van der Waals surface area contributed by atoms with Gasteiger partial charge in [0.25, 0.3) is 0 Å². The predicted octanol–water partition coefficient (Wildman–Crippen LogP) is 11.2. The SMILES string of the molecule is c1ccc(-c2c3c(c(-c4ccccc4)c4ccccc24)-c2ccc(-c4ccc5ccncc5c4)c4cccc-3c24)cc1. The molecular weight excluding hydrogens is 506 g/mol. The maximum Gasteiger partial charge on any atom is 0.0346 e. The molecule has 0 bridgehead atoms. The van der Waals surface area contributed by atoms with Crippen molar-refractivity contribution >= 4 is 32.3 Å². The van der Waals surface area contributed by atoms with Crippen LogP contribution in [0.1, 0.15) is 0 Å². The number of pyridine rings is 1. The maximum atomic E-state index is 4.38. The zero-order chi connectivity index (χ0) is 27.6. The lowest BCUT2D eigenvalue weighted by atomic mass is 9.82. The van der Waals surface area contributed by atoms with E-state index in [1.165, 1.54) is 82.6 Å². The summed E-state index contributed by atoms with van der Waals surface area (Å²) in [6.07, 6.45) is 3.81. The normalized spacial score (nSPS) is 11.8. The Kier molecular flexibility index (Phi) is 4.97. The summed E-state index contributed by atoms with van der Waals surface area (Å²) in [5.41, 5.74) is 12.9. The van der Waals surface area contributed by atoms with Crippen LogP contribution in [0.4, 0.5) is 0 Å². The summed E-state index contributed by atoms with van der Waals surface area (Å²) in [4.78, 5) is 4.38. The number of hydrogen-bond donors (Lipinski definition) is 0. The second-order valence-corrected chi connectivity index (χ2v) is 11.1. The molecule has 42 heavy (non-hydrogen) atoms. The molecule has 1 aliphatic carbocycles. The van der Waals surface area contributed by atoms with Crippen LogP contribution < -0.4 is 0 Å². The summed E-state index contributed by atoms with van der Waals surface area (Å²) in [5, 5.41) is 7.55. The molecule has 1 aliphatic rings. The van der Waals surface area contributed by atoms with E-state index in [4.69, 9.17) is 0 Å². The van der Waals surface area contributed by atoms with Crippen LogP contribution in [-0.2, 0) is 0 Å². The van der Waals surface area contributed by atoms with Gasteiger partial charge in [0, 0.05) is 17.8 Å². The molecule has 1 aromatic heterocycles. The second-order valence-electron chi connectivity index (χ2n) is 11.1. The topological polar surface area (TPSA) is 12.9 Å².